The minimum Gasteiger partial charge on any atom is -0.459 e. The van der Waals surface area contributed by atoms with E-state index in [0.29, 0.717) is 22.5 Å². The highest BCUT2D eigenvalue weighted by molar-refractivity contribution is 7.16. The first-order valence-electron chi connectivity index (χ1n) is 9.01. The summed E-state index contributed by atoms with van der Waals surface area (Å²) in [6.45, 7) is 11.0. The Labute approximate surface area is 161 Å². The molecule has 8 nitrogen and oxygen atoms in total. The first-order chi connectivity index (χ1) is 12.5. The van der Waals surface area contributed by atoms with Gasteiger partial charge in [0, 0.05) is 12.8 Å². The molecule has 3 rings (SSSR count). The normalized spacial score (nSPS) is 23.3. The lowest BCUT2D eigenvalue weighted by Gasteiger charge is -2.34. The van der Waals surface area contributed by atoms with Crippen molar-refractivity contribution in [3.05, 3.63) is 15.4 Å². The molecule has 27 heavy (non-hydrogen) atoms. The van der Waals surface area contributed by atoms with Gasteiger partial charge in [-0.3, -0.25) is 14.2 Å². The molecule has 2 unspecified atom stereocenters. The number of ether oxygens (including phenoxy) is 2. The smallest absolute Gasteiger partial charge is 0.311 e. The number of aryl methyl sites for hydroxylation is 1. The predicted octanol–water partition coefficient (Wildman–Crippen LogP) is 2.65. The van der Waals surface area contributed by atoms with Gasteiger partial charge in [-0.05, 0) is 33.1 Å². The van der Waals surface area contributed by atoms with Crippen LogP contribution in [0, 0.1) is 18.8 Å². The lowest BCUT2D eigenvalue weighted by Crippen LogP contribution is -2.40. The van der Waals surface area contributed by atoms with Crippen LogP contribution in [-0.4, -0.2) is 32.2 Å². The molecular weight excluding hydrogens is 368 g/mol. The molecule has 2 aromatic heterocycles. The second-order valence-electron chi connectivity index (χ2n) is 7.91. The number of carbonyl (C=O) groups excluding carboxylic acids is 1. The van der Waals surface area contributed by atoms with Crippen LogP contribution in [0.4, 0.5) is 5.95 Å². The monoisotopic (exact) mass is 394 g/mol. The Morgan fingerprint density at radius 1 is 1.41 bits per heavy atom. The van der Waals surface area contributed by atoms with Crippen molar-refractivity contribution in [2.24, 2.45) is 11.8 Å². The number of aromatic nitrogens is 3. The van der Waals surface area contributed by atoms with Crippen LogP contribution in [0.15, 0.2) is 4.79 Å². The summed E-state index contributed by atoms with van der Waals surface area (Å²) in [6.07, 6.45) is 0.0185. The van der Waals surface area contributed by atoms with Gasteiger partial charge in [0.15, 0.2) is 5.65 Å². The van der Waals surface area contributed by atoms with Gasteiger partial charge in [-0.15, -0.1) is 0 Å². The molecule has 2 aromatic rings. The lowest BCUT2D eigenvalue weighted by molar-refractivity contribution is -0.163. The summed E-state index contributed by atoms with van der Waals surface area (Å²) in [7, 11) is 0. The second-order valence-corrected chi connectivity index (χ2v) is 8.87. The zero-order chi connectivity index (χ0) is 20.1. The quantitative estimate of drug-likeness (QED) is 0.794. The predicted molar refractivity (Wildman–Crippen MR) is 104 cm³/mol. The molecule has 1 saturated heterocycles. The minimum atomic E-state index is -0.804. The highest BCUT2D eigenvalue weighted by Gasteiger charge is 2.48. The molecule has 2 N–H and O–H groups in total. The molecule has 0 saturated carbocycles. The van der Waals surface area contributed by atoms with Gasteiger partial charge in [0.2, 0.25) is 5.95 Å². The molecule has 1 aliphatic heterocycles. The highest BCUT2D eigenvalue weighted by atomic mass is 32.1. The summed E-state index contributed by atoms with van der Waals surface area (Å²) in [4.78, 5) is 32.7. The van der Waals surface area contributed by atoms with E-state index in [2.05, 4.69) is 23.8 Å². The summed E-state index contributed by atoms with van der Waals surface area (Å²) in [5.41, 5.74) is 6.14. The molecule has 0 bridgehead atoms. The fourth-order valence-corrected chi connectivity index (χ4v) is 4.63. The SMILES string of the molecule is CC(=O)OC(C)(C)C1C[C@@H](C(C)C)OC1n1c(=O)sc2c(C)nc(N)nc21. The molecule has 0 aliphatic carbocycles. The van der Waals surface area contributed by atoms with Crippen molar-refractivity contribution >= 4 is 33.6 Å². The summed E-state index contributed by atoms with van der Waals surface area (Å²) < 4.78 is 14.1. The van der Waals surface area contributed by atoms with Crippen LogP contribution in [0.25, 0.3) is 10.3 Å². The van der Waals surface area contributed by atoms with Crippen LogP contribution in [-0.2, 0) is 14.3 Å². The minimum absolute atomic E-state index is 0.0584. The van der Waals surface area contributed by atoms with Crippen LogP contribution in [0.2, 0.25) is 0 Å². The maximum atomic E-state index is 12.8. The van der Waals surface area contributed by atoms with Crippen molar-refractivity contribution in [3.63, 3.8) is 0 Å². The number of rotatable bonds is 4. The van der Waals surface area contributed by atoms with E-state index in [4.69, 9.17) is 15.2 Å². The van der Waals surface area contributed by atoms with E-state index >= 15 is 0 Å². The van der Waals surface area contributed by atoms with Gasteiger partial charge in [-0.25, -0.2) is 4.98 Å². The van der Waals surface area contributed by atoms with Crippen LogP contribution in [0.5, 0.6) is 0 Å². The van der Waals surface area contributed by atoms with E-state index in [0.717, 1.165) is 11.3 Å². The summed E-state index contributed by atoms with van der Waals surface area (Å²) in [6, 6.07) is 0. The molecule has 1 aliphatic rings. The molecule has 148 valence electrons. The Morgan fingerprint density at radius 2 is 2.07 bits per heavy atom. The fraction of sp³-hybridized carbons (Fsp3) is 0.667. The Balaban J connectivity index is 2.15. The van der Waals surface area contributed by atoms with E-state index in [1.165, 1.54) is 6.92 Å². The molecule has 9 heteroatoms. The number of nitrogen functional groups attached to an aromatic ring is 1. The third kappa shape index (κ3) is 3.58. The third-order valence-electron chi connectivity index (χ3n) is 5.09. The van der Waals surface area contributed by atoms with E-state index in [-0.39, 0.29) is 34.7 Å². The lowest BCUT2D eigenvalue weighted by atomic mass is 9.84. The number of hydrogen-bond donors (Lipinski definition) is 1. The Morgan fingerprint density at radius 3 is 2.67 bits per heavy atom. The van der Waals surface area contributed by atoms with Crippen LogP contribution >= 0.6 is 11.3 Å². The van der Waals surface area contributed by atoms with Crippen molar-refractivity contribution in [3.8, 4) is 0 Å². The van der Waals surface area contributed by atoms with Crippen molar-refractivity contribution in [2.75, 3.05) is 5.73 Å². The highest BCUT2D eigenvalue weighted by Crippen LogP contribution is 2.45. The molecular formula is C18H26N4O4S. The van der Waals surface area contributed by atoms with Crippen molar-refractivity contribution < 1.29 is 14.3 Å². The fourth-order valence-electron chi connectivity index (χ4n) is 3.74. The zero-order valence-electron chi connectivity index (χ0n) is 16.5. The van der Waals surface area contributed by atoms with Crippen LogP contribution in [0.1, 0.15) is 53.0 Å². The van der Waals surface area contributed by atoms with E-state index in [1.54, 1.807) is 11.5 Å². The van der Waals surface area contributed by atoms with Gasteiger partial charge >= 0.3 is 10.8 Å². The number of nitrogens with two attached hydrogens (primary N) is 1. The van der Waals surface area contributed by atoms with Crippen LogP contribution in [0.3, 0.4) is 0 Å². The first-order valence-corrected chi connectivity index (χ1v) is 9.83. The number of carbonyl (C=O) groups is 1. The largest absolute Gasteiger partial charge is 0.459 e. The summed E-state index contributed by atoms with van der Waals surface area (Å²) in [5.74, 6) is -0.203. The van der Waals surface area contributed by atoms with Gasteiger partial charge in [0.1, 0.15) is 11.8 Å². The van der Waals surface area contributed by atoms with Crippen molar-refractivity contribution in [1.82, 2.24) is 14.5 Å². The molecule has 0 spiro atoms. The second kappa shape index (κ2) is 6.87. The number of hydrogen-bond acceptors (Lipinski definition) is 8. The van der Waals surface area contributed by atoms with E-state index < -0.39 is 11.8 Å². The number of fused-ring (bicyclic) bond motifs is 1. The standard InChI is InChI=1S/C18H26N4O4S/c1-8(2)12-7-11(18(5,6)26-10(4)23)15(25-12)22-14-13(27-17(22)24)9(3)20-16(19)21-14/h8,11-12,15H,7H2,1-6H3,(H2,19,20,21)/t11?,12-,15?/m0/s1. The van der Waals surface area contributed by atoms with Gasteiger partial charge in [-0.1, -0.05) is 25.2 Å². The topological polar surface area (TPSA) is 109 Å². The van der Waals surface area contributed by atoms with Gasteiger partial charge in [0.05, 0.1) is 16.5 Å². The molecule has 0 radical (unpaired) electrons. The molecule has 3 atom stereocenters. The number of nitrogens with zero attached hydrogens (tertiary/aromatic N) is 3. The van der Waals surface area contributed by atoms with Gasteiger partial charge < -0.3 is 15.2 Å². The van der Waals surface area contributed by atoms with Gasteiger partial charge in [0.25, 0.3) is 0 Å². The molecule has 0 aromatic carbocycles. The zero-order valence-corrected chi connectivity index (χ0v) is 17.3. The molecule has 3 heterocycles. The van der Waals surface area contributed by atoms with Crippen molar-refractivity contribution in [1.29, 1.82) is 0 Å². The molecule has 0 amide bonds. The summed E-state index contributed by atoms with van der Waals surface area (Å²) >= 11 is 1.08. The number of anilines is 1. The first kappa shape index (κ1) is 19.8. The Bertz CT molecular complexity index is 933. The maximum absolute atomic E-state index is 12.8. The van der Waals surface area contributed by atoms with E-state index in [9.17, 15) is 9.59 Å². The van der Waals surface area contributed by atoms with E-state index in [1.807, 2.05) is 13.8 Å². The summed E-state index contributed by atoms with van der Waals surface area (Å²) in [5, 5.41) is 0. The number of thiazole rings is 1. The Kier molecular flexibility index (Phi) is 5.02. The Hall–Kier alpha value is -2.00. The average Bonchev–Trinajstić information content (AvgIpc) is 3.07. The third-order valence-corrected chi connectivity index (χ3v) is 6.14. The van der Waals surface area contributed by atoms with Gasteiger partial charge in [-0.2, -0.15) is 4.98 Å². The average molecular weight is 394 g/mol. The van der Waals surface area contributed by atoms with Crippen molar-refractivity contribution in [2.45, 2.75) is 65.9 Å². The maximum Gasteiger partial charge on any atom is 0.311 e. The number of esters is 1. The molecule has 1 fully saturated rings. The van der Waals surface area contributed by atoms with Crippen LogP contribution < -0.4 is 10.6 Å².